The maximum absolute atomic E-state index is 5.89. The molecule has 3 heteroatoms. The van der Waals surface area contributed by atoms with Crippen LogP contribution in [0.3, 0.4) is 0 Å². The Morgan fingerprint density at radius 1 is 1.12 bits per heavy atom. The highest BCUT2D eigenvalue weighted by atomic mass is 15.3. The molecule has 3 rings (SSSR count). The number of nitrogens with zero attached hydrogens (tertiary/aromatic N) is 2. The standard InChI is InChI=1S/C14H23N3/c15-10-12-14(11-6-2-1-3-7-11)13-8-4-5-9-17(13)16-12/h11H,1-10,15H2. The zero-order chi connectivity index (χ0) is 11.7. The molecule has 1 aromatic rings. The van der Waals surface area contributed by atoms with Crippen LogP contribution in [-0.4, -0.2) is 9.78 Å². The van der Waals surface area contributed by atoms with Gasteiger partial charge in [0.2, 0.25) is 0 Å². The number of fused-ring (bicyclic) bond motifs is 1. The fourth-order valence-electron chi connectivity index (χ4n) is 3.58. The molecule has 2 aliphatic rings. The van der Waals surface area contributed by atoms with Crippen molar-refractivity contribution in [3.05, 3.63) is 17.0 Å². The van der Waals surface area contributed by atoms with E-state index in [2.05, 4.69) is 4.68 Å². The molecule has 2 heterocycles. The van der Waals surface area contributed by atoms with Crippen LogP contribution in [0.5, 0.6) is 0 Å². The van der Waals surface area contributed by atoms with E-state index in [1.807, 2.05) is 0 Å². The lowest BCUT2D eigenvalue weighted by Crippen LogP contribution is -2.14. The average Bonchev–Trinajstić information content (AvgIpc) is 2.78. The lowest BCUT2D eigenvalue weighted by Gasteiger charge is -2.24. The van der Waals surface area contributed by atoms with E-state index in [0.29, 0.717) is 6.54 Å². The van der Waals surface area contributed by atoms with E-state index < -0.39 is 0 Å². The maximum Gasteiger partial charge on any atom is 0.0797 e. The SMILES string of the molecule is NCc1nn2c(c1C1CCCCC1)CCCC2. The minimum atomic E-state index is 0.617. The van der Waals surface area contributed by atoms with Gasteiger partial charge < -0.3 is 5.73 Å². The molecule has 1 fully saturated rings. The quantitative estimate of drug-likeness (QED) is 0.853. The predicted molar refractivity (Wildman–Crippen MR) is 68.9 cm³/mol. The smallest absolute Gasteiger partial charge is 0.0797 e. The molecular weight excluding hydrogens is 210 g/mol. The molecule has 17 heavy (non-hydrogen) atoms. The minimum absolute atomic E-state index is 0.617. The largest absolute Gasteiger partial charge is 0.325 e. The molecular formula is C14H23N3. The lowest BCUT2D eigenvalue weighted by atomic mass is 9.82. The molecule has 1 saturated carbocycles. The van der Waals surface area contributed by atoms with Gasteiger partial charge in [-0.25, -0.2) is 0 Å². The molecule has 0 unspecified atom stereocenters. The van der Waals surface area contributed by atoms with E-state index >= 15 is 0 Å². The molecule has 0 amide bonds. The zero-order valence-electron chi connectivity index (χ0n) is 10.6. The average molecular weight is 233 g/mol. The number of nitrogens with two attached hydrogens (primary N) is 1. The van der Waals surface area contributed by atoms with Gasteiger partial charge in [-0.3, -0.25) is 4.68 Å². The van der Waals surface area contributed by atoms with Crippen LogP contribution in [0.2, 0.25) is 0 Å². The Labute approximate surface area is 103 Å². The molecule has 0 spiro atoms. The molecule has 0 bridgehead atoms. The van der Waals surface area contributed by atoms with E-state index in [4.69, 9.17) is 10.8 Å². The second kappa shape index (κ2) is 4.81. The molecule has 94 valence electrons. The maximum atomic E-state index is 5.89. The van der Waals surface area contributed by atoms with Gasteiger partial charge in [-0.2, -0.15) is 5.10 Å². The number of aryl methyl sites for hydroxylation is 1. The van der Waals surface area contributed by atoms with Crippen LogP contribution in [0.15, 0.2) is 0 Å². The van der Waals surface area contributed by atoms with Crippen molar-refractivity contribution in [2.45, 2.75) is 70.4 Å². The summed E-state index contributed by atoms with van der Waals surface area (Å²) in [6.45, 7) is 1.72. The number of hydrogen-bond acceptors (Lipinski definition) is 2. The molecule has 3 nitrogen and oxygen atoms in total. The van der Waals surface area contributed by atoms with Gasteiger partial charge in [0, 0.05) is 24.3 Å². The van der Waals surface area contributed by atoms with Crippen LogP contribution in [0.1, 0.15) is 67.8 Å². The van der Waals surface area contributed by atoms with Gasteiger partial charge in [0.15, 0.2) is 0 Å². The van der Waals surface area contributed by atoms with Crippen LogP contribution < -0.4 is 5.73 Å². The monoisotopic (exact) mass is 233 g/mol. The highest BCUT2D eigenvalue weighted by Gasteiger charge is 2.26. The van der Waals surface area contributed by atoms with Gasteiger partial charge in [-0.15, -0.1) is 0 Å². The summed E-state index contributed by atoms with van der Waals surface area (Å²) >= 11 is 0. The van der Waals surface area contributed by atoms with E-state index in [0.717, 1.165) is 12.5 Å². The van der Waals surface area contributed by atoms with Crippen LogP contribution in [-0.2, 0) is 19.5 Å². The summed E-state index contributed by atoms with van der Waals surface area (Å²) in [5.74, 6) is 0.754. The van der Waals surface area contributed by atoms with Crippen LogP contribution in [0, 0.1) is 0 Å². The van der Waals surface area contributed by atoms with Crippen molar-refractivity contribution in [1.82, 2.24) is 9.78 Å². The molecule has 0 aromatic carbocycles. The van der Waals surface area contributed by atoms with Crippen molar-refractivity contribution in [3.8, 4) is 0 Å². The summed E-state index contributed by atoms with van der Waals surface area (Å²) < 4.78 is 2.25. The third-order valence-corrected chi connectivity index (χ3v) is 4.42. The van der Waals surface area contributed by atoms with Crippen LogP contribution in [0.25, 0.3) is 0 Å². The van der Waals surface area contributed by atoms with Crippen molar-refractivity contribution in [3.63, 3.8) is 0 Å². The van der Waals surface area contributed by atoms with Crippen LogP contribution >= 0.6 is 0 Å². The fraction of sp³-hybridized carbons (Fsp3) is 0.786. The second-order valence-corrected chi connectivity index (χ2v) is 5.53. The van der Waals surface area contributed by atoms with Crippen molar-refractivity contribution in [2.24, 2.45) is 5.73 Å². The first kappa shape index (κ1) is 11.3. The first-order valence-corrected chi connectivity index (χ1v) is 7.18. The zero-order valence-corrected chi connectivity index (χ0v) is 10.6. The summed E-state index contributed by atoms with van der Waals surface area (Å²) in [5, 5.41) is 4.74. The molecule has 1 aliphatic carbocycles. The normalized spacial score (nSPS) is 21.5. The summed E-state index contributed by atoms with van der Waals surface area (Å²) in [6, 6.07) is 0. The van der Waals surface area contributed by atoms with Crippen molar-refractivity contribution < 1.29 is 0 Å². The summed E-state index contributed by atoms with van der Waals surface area (Å²) in [5.41, 5.74) is 10.1. The topological polar surface area (TPSA) is 43.8 Å². The van der Waals surface area contributed by atoms with Gasteiger partial charge in [0.1, 0.15) is 0 Å². The van der Waals surface area contributed by atoms with Gasteiger partial charge in [-0.1, -0.05) is 19.3 Å². The highest BCUT2D eigenvalue weighted by Crippen LogP contribution is 2.37. The molecule has 2 N–H and O–H groups in total. The third-order valence-electron chi connectivity index (χ3n) is 4.42. The van der Waals surface area contributed by atoms with Gasteiger partial charge in [0.25, 0.3) is 0 Å². The van der Waals surface area contributed by atoms with E-state index in [1.54, 1.807) is 5.56 Å². The molecule has 0 radical (unpaired) electrons. The van der Waals surface area contributed by atoms with Crippen LogP contribution in [0.4, 0.5) is 0 Å². The summed E-state index contributed by atoms with van der Waals surface area (Å²) in [6.07, 6.45) is 10.7. The number of aromatic nitrogens is 2. The fourth-order valence-corrected chi connectivity index (χ4v) is 3.58. The van der Waals surface area contributed by atoms with Gasteiger partial charge >= 0.3 is 0 Å². The van der Waals surface area contributed by atoms with Gasteiger partial charge in [0.05, 0.1) is 5.69 Å². The molecule has 1 aromatic heterocycles. The van der Waals surface area contributed by atoms with Crippen molar-refractivity contribution >= 4 is 0 Å². The van der Waals surface area contributed by atoms with Crippen molar-refractivity contribution in [2.75, 3.05) is 0 Å². The third kappa shape index (κ3) is 2.01. The Bertz CT molecular complexity index is 388. The number of hydrogen-bond donors (Lipinski definition) is 1. The Balaban J connectivity index is 1.97. The Morgan fingerprint density at radius 3 is 2.71 bits per heavy atom. The van der Waals surface area contributed by atoms with E-state index in [-0.39, 0.29) is 0 Å². The first-order chi connectivity index (χ1) is 8.40. The Morgan fingerprint density at radius 2 is 1.94 bits per heavy atom. The summed E-state index contributed by atoms with van der Waals surface area (Å²) in [4.78, 5) is 0. The molecule has 0 atom stereocenters. The lowest BCUT2D eigenvalue weighted by molar-refractivity contribution is 0.432. The minimum Gasteiger partial charge on any atom is -0.325 e. The highest BCUT2D eigenvalue weighted by molar-refractivity contribution is 5.31. The summed E-state index contributed by atoms with van der Waals surface area (Å²) in [7, 11) is 0. The van der Waals surface area contributed by atoms with Gasteiger partial charge in [-0.05, 0) is 38.0 Å². The Hall–Kier alpha value is -0.830. The second-order valence-electron chi connectivity index (χ2n) is 5.53. The van der Waals surface area contributed by atoms with E-state index in [1.165, 1.54) is 62.8 Å². The molecule has 1 aliphatic heterocycles. The first-order valence-electron chi connectivity index (χ1n) is 7.18. The number of rotatable bonds is 2. The Kier molecular flexibility index (Phi) is 3.19. The van der Waals surface area contributed by atoms with E-state index in [9.17, 15) is 0 Å². The molecule has 0 saturated heterocycles. The predicted octanol–water partition coefficient (Wildman–Crippen LogP) is 2.73. The van der Waals surface area contributed by atoms with Crippen molar-refractivity contribution in [1.29, 1.82) is 0 Å².